The Morgan fingerprint density at radius 1 is 1.14 bits per heavy atom. The van der Waals surface area contributed by atoms with Crippen LogP contribution >= 0.6 is 11.6 Å². The number of rotatable bonds is 4. The summed E-state index contributed by atoms with van der Waals surface area (Å²) >= 11 is 6.50. The predicted molar refractivity (Wildman–Crippen MR) is 112 cm³/mol. The van der Waals surface area contributed by atoms with Gasteiger partial charge in [-0.1, -0.05) is 35.9 Å². The van der Waals surface area contributed by atoms with Crippen molar-refractivity contribution in [3.8, 4) is 11.1 Å². The first-order valence-electron chi connectivity index (χ1n) is 9.36. The van der Waals surface area contributed by atoms with Crippen molar-refractivity contribution >= 4 is 34.5 Å². The van der Waals surface area contributed by atoms with Gasteiger partial charge in [-0.25, -0.2) is 0 Å². The Hall–Kier alpha value is -3.02. The summed E-state index contributed by atoms with van der Waals surface area (Å²) in [5, 5.41) is 23.5. The molecule has 2 aliphatic rings. The maximum atomic E-state index is 12.5. The Morgan fingerprint density at radius 3 is 2.52 bits per heavy atom. The second kappa shape index (κ2) is 6.51. The molecular weight excluding hydrogens is 390 g/mol. The van der Waals surface area contributed by atoms with Gasteiger partial charge in [0.1, 0.15) is 0 Å². The number of halogens is 1. The number of amides is 1. The van der Waals surface area contributed by atoms with Gasteiger partial charge >= 0.3 is 0 Å². The molecule has 0 bridgehead atoms. The Labute approximate surface area is 172 Å². The maximum absolute atomic E-state index is 12.5. The molecule has 6 heteroatoms. The molecule has 0 atom stereocenters. The lowest BCUT2D eigenvalue weighted by molar-refractivity contribution is -0.110. The number of hydrogen-bond donors (Lipinski definition) is 3. The van der Waals surface area contributed by atoms with Crippen LogP contribution in [0, 0.1) is 0 Å². The van der Waals surface area contributed by atoms with E-state index in [2.05, 4.69) is 5.32 Å². The predicted octanol–water partition coefficient (Wildman–Crippen LogP) is 5.00. The zero-order chi connectivity index (χ0) is 20.2. The zero-order valence-corrected chi connectivity index (χ0v) is 16.2. The van der Waals surface area contributed by atoms with Crippen molar-refractivity contribution in [3.63, 3.8) is 0 Å². The van der Waals surface area contributed by atoms with Gasteiger partial charge in [0.05, 0.1) is 29.2 Å². The number of hydrogen-bond acceptors (Lipinski definition) is 4. The van der Waals surface area contributed by atoms with E-state index in [1.807, 2.05) is 24.3 Å². The quantitative estimate of drug-likeness (QED) is 0.419. The van der Waals surface area contributed by atoms with Crippen molar-refractivity contribution in [1.29, 1.82) is 0 Å². The van der Waals surface area contributed by atoms with Crippen LogP contribution < -0.4 is 5.32 Å². The van der Waals surface area contributed by atoms with E-state index in [0.717, 1.165) is 29.5 Å². The minimum absolute atomic E-state index is 0.0959. The molecule has 3 N–H and O–H groups in total. The van der Waals surface area contributed by atoms with Gasteiger partial charge in [-0.05, 0) is 48.2 Å². The van der Waals surface area contributed by atoms with Crippen LogP contribution in [0.5, 0.6) is 0 Å². The summed E-state index contributed by atoms with van der Waals surface area (Å²) in [5.41, 5.74) is 3.95. The smallest absolute Gasteiger partial charge is 0.260 e. The summed E-state index contributed by atoms with van der Waals surface area (Å²) in [6.45, 7) is 0.153. The first-order valence-corrected chi connectivity index (χ1v) is 9.74. The molecule has 1 aromatic heterocycles. The van der Waals surface area contributed by atoms with Crippen molar-refractivity contribution in [2.45, 2.75) is 18.3 Å². The lowest BCUT2D eigenvalue weighted by Crippen LogP contribution is -2.11. The highest BCUT2D eigenvalue weighted by atomic mass is 35.5. The average Bonchev–Trinajstić information content (AvgIpc) is 3.19. The van der Waals surface area contributed by atoms with Crippen LogP contribution in [0.4, 0.5) is 5.69 Å². The molecule has 1 fully saturated rings. The molecule has 2 aromatic carbocycles. The number of benzene rings is 2. The van der Waals surface area contributed by atoms with Gasteiger partial charge in [-0.15, -0.1) is 0 Å². The molecule has 0 spiro atoms. The Morgan fingerprint density at radius 2 is 1.90 bits per heavy atom. The van der Waals surface area contributed by atoms with Crippen molar-refractivity contribution in [2.75, 3.05) is 11.9 Å². The van der Waals surface area contributed by atoms with Gasteiger partial charge in [0.15, 0.2) is 11.5 Å². The van der Waals surface area contributed by atoms with Crippen LogP contribution in [0.25, 0.3) is 22.5 Å². The third-order valence-electron chi connectivity index (χ3n) is 5.81. The summed E-state index contributed by atoms with van der Waals surface area (Å²) < 4.78 is 5.24. The maximum Gasteiger partial charge on any atom is 0.260 e. The lowest BCUT2D eigenvalue weighted by Gasteiger charge is -2.14. The summed E-state index contributed by atoms with van der Waals surface area (Å²) in [6.07, 6.45) is 3.43. The molecule has 5 rings (SSSR count). The van der Waals surface area contributed by atoms with Crippen LogP contribution in [-0.2, 0) is 10.2 Å². The molecule has 1 amide bonds. The Balaban J connectivity index is 1.59. The van der Waals surface area contributed by atoms with E-state index in [1.54, 1.807) is 24.3 Å². The van der Waals surface area contributed by atoms with Crippen molar-refractivity contribution in [3.05, 3.63) is 76.7 Å². The first kappa shape index (κ1) is 18.0. The summed E-state index contributed by atoms with van der Waals surface area (Å²) in [4.78, 5) is 12.5. The lowest BCUT2D eigenvalue weighted by atomic mass is 9.93. The van der Waals surface area contributed by atoms with Gasteiger partial charge in [0.25, 0.3) is 5.91 Å². The second-order valence-electron chi connectivity index (χ2n) is 7.55. The van der Waals surface area contributed by atoms with E-state index in [1.165, 1.54) is 6.26 Å². The van der Waals surface area contributed by atoms with Crippen molar-refractivity contribution < 1.29 is 19.4 Å². The number of aliphatic hydroxyl groups excluding tert-OH is 2. The van der Waals surface area contributed by atoms with Gasteiger partial charge < -0.3 is 19.9 Å². The van der Waals surface area contributed by atoms with E-state index in [-0.39, 0.29) is 29.1 Å². The molecule has 1 aliphatic carbocycles. The number of carbonyl (C=O) groups is 1. The van der Waals surface area contributed by atoms with Gasteiger partial charge in [-0.2, -0.15) is 0 Å². The monoisotopic (exact) mass is 407 g/mol. The number of furan rings is 1. The Kier molecular flexibility index (Phi) is 4.05. The highest BCUT2D eigenvalue weighted by Crippen LogP contribution is 2.48. The minimum Gasteiger partial charge on any atom is -0.504 e. The highest BCUT2D eigenvalue weighted by molar-refractivity contribution is 6.38. The molecule has 29 heavy (non-hydrogen) atoms. The molecule has 2 heterocycles. The number of aliphatic hydroxyl groups is 2. The molecular formula is C23H18ClNO4. The van der Waals surface area contributed by atoms with E-state index in [4.69, 9.17) is 16.0 Å². The standard InChI is InChI=1S/C23H18ClNO4/c24-17-11-18-16(20(22(28)25-18)21(27)19-2-1-9-29-19)10-15(17)13-3-5-14(6-4-13)23(12-26)7-8-23/h1-6,9-11,26-27H,7-8,12H2,(H,25,28). The van der Waals surface area contributed by atoms with Gasteiger partial charge in [0, 0.05) is 16.5 Å². The minimum atomic E-state index is -0.406. The first-order chi connectivity index (χ1) is 14.0. The largest absolute Gasteiger partial charge is 0.504 e. The third kappa shape index (κ3) is 2.85. The van der Waals surface area contributed by atoms with Crippen molar-refractivity contribution in [1.82, 2.24) is 0 Å². The van der Waals surface area contributed by atoms with E-state index in [9.17, 15) is 15.0 Å². The van der Waals surface area contributed by atoms with Crippen molar-refractivity contribution in [2.24, 2.45) is 0 Å². The molecule has 5 nitrogen and oxygen atoms in total. The molecule has 146 valence electrons. The fourth-order valence-electron chi connectivity index (χ4n) is 3.88. The van der Waals surface area contributed by atoms with E-state index >= 15 is 0 Å². The van der Waals surface area contributed by atoms with Crippen LogP contribution in [0.2, 0.25) is 5.02 Å². The van der Waals surface area contributed by atoms with Crippen LogP contribution in [-0.4, -0.2) is 22.7 Å². The topological polar surface area (TPSA) is 82.7 Å². The normalized spacial score (nSPS) is 18.3. The third-order valence-corrected chi connectivity index (χ3v) is 6.12. The van der Waals surface area contributed by atoms with E-state index in [0.29, 0.717) is 16.3 Å². The number of nitrogens with one attached hydrogen (secondary N) is 1. The van der Waals surface area contributed by atoms with Gasteiger partial charge in [0.2, 0.25) is 0 Å². The fraction of sp³-hybridized carbons (Fsp3) is 0.174. The summed E-state index contributed by atoms with van der Waals surface area (Å²) in [6, 6.07) is 14.7. The second-order valence-corrected chi connectivity index (χ2v) is 7.96. The number of fused-ring (bicyclic) bond motifs is 1. The van der Waals surface area contributed by atoms with Crippen LogP contribution in [0.1, 0.15) is 29.7 Å². The molecule has 0 unspecified atom stereocenters. The van der Waals surface area contributed by atoms with E-state index < -0.39 is 5.91 Å². The number of carbonyl (C=O) groups excluding carboxylic acids is 1. The van der Waals surface area contributed by atoms with Crippen LogP contribution in [0.3, 0.4) is 0 Å². The molecule has 0 radical (unpaired) electrons. The van der Waals surface area contributed by atoms with Crippen LogP contribution in [0.15, 0.2) is 59.2 Å². The zero-order valence-electron chi connectivity index (χ0n) is 15.4. The summed E-state index contributed by atoms with van der Waals surface area (Å²) in [5.74, 6) is -0.396. The van der Waals surface area contributed by atoms with Gasteiger partial charge in [-0.3, -0.25) is 4.79 Å². The average molecular weight is 408 g/mol. The molecule has 3 aromatic rings. The number of anilines is 1. The molecule has 0 saturated heterocycles. The molecule has 1 aliphatic heterocycles. The SMILES string of the molecule is O=C1Nc2cc(Cl)c(-c3ccc(C4(CO)CC4)cc3)cc2C1=C(O)c1ccco1. The Bertz CT molecular complexity index is 1140. The highest BCUT2D eigenvalue weighted by Gasteiger charge is 2.43. The fourth-order valence-corrected chi connectivity index (χ4v) is 4.15. The molecule has 1 saturated carbocycles. The summed E-state index contributed by atoms with van der Waals surface area (Å²) in [7, 11) is 0.